The van der Waals surface area contributed by atoms with E-state index in [0.29, 0.717) is 54.8 Å². The van der Waals surface area contributed by atoms with Gasteiger partial charge in [-0.3, -0.25) is 4.90 Å². The monoisotopic (exact) mass is 483 g/mol. The Morgan fingerprint density at radius 1 is 1.17 bits per heavy atom. The second-order valence-corrected chi connectivity index (χ2v) is 9.26. The fraction of sp³-hybridized carbons (Fsp3) is 0.400. The second-order valence-electron chi connectivity index (χ2n) is 9.26. The number of halogens is 2. The molecule has 184 valence electrons. The molecule has 1 aliphatic rings. The second kappa shape index (κ2) is 9.61. The first-order valence-corrected chi connectivity index (χ1v) is 11.6. The van der Waals surface area contributed by atoms with Crippen LogP contribution in [0, 0.1) is 5.92 Å². The van der Waals surface area contributed by atoms with E-state index in [-0.39, 0.29) is 22.9 Å². The molecule has 0 bridgehead atoms. The number of nitrogens with zero attached hydrogens (tertiary/aromatic N) is 5. The van der Waals surface area contributed by atoms with Crippen LogP contribution in [0.3, 0.4) is 0 Å². The van der Waals surface area contributed by atoms with Crippen LogP contribution in [-0.4, -0.2) is 56.2 Å². The number of hydrogen-bond acceptors (Lipinski definition) is 7. The van der Waals surface area contributed by atoms with E-state index >= 15 is 0 Å². The van der Waals surface area contributed by atoms with Crippen molar-refractivity contribution in [3.63, 3.8) is 0 Å². The van der Waals surface area contributed by atoms with Crippen LogP contribution < -0.4 is 4.74 Å². The summed E-state index contributed by atoms with van der Waals surface area (Å²) < 4.78 is 40.2. The highest BCUT2D eigenvalue weighted by atomic mass is 19.3. The molecule has 0 aliphatic carbocycles. The minimum atomic E-state index is -2.66. The molecule has 0 spiro atoms. The average molecular weight is 484 g/mol. The van der Waals surface area contributed by atoms with Crippen LogP contribution in [0.1, 0.15) is 37.6 Å². The minimum Gasteiger partial charge on any atom is -0.507 e. The van der Waals surface area contributed by atoms with Gasteiger partial charge in [0.25, 0.3) is 12.3 Å². The highest BCUT2D eigenvalue weighted by molar-refractivity contribution is 5.84. The fourth-order valence-corrected chi connectivity index (χ4v) is 4.39. The molecular formula is C25H27F2N5O3. The molecule has 8 nitrogen and oxygen atoms in total. The first-order valence-electron chi connectivity index (χ1n) is 11.6. The summed E-state index contributed by atoms with van der Waals surface area (Å²) in [5, 5.41) is 22.3. The maximum absolute atomic E-state index is 13.7. The molecule has 3 aromatic heterocycles. The number of phenols is 1. The van der Waals surface area contributed by atoms with Gasteiger partial charge in [0, 0.05) is 43.9 Å². The molecule has 1 N–H and O–H groups in total. The standard InChI is InChI=1S/C25H27F2N5O3/c1-15(2)9-17-10-23(30-35-17)34-8-7-31-12-16(13-31)32-14-19(25(26)27)24-21(32)11-20(28-29-24)18-5-3-4-6-22(18)33/h3-6,10-11,14-16,25,33H,7-9,12-13H2,1-2H3. The number of aromatic nitrogens is 4. The third-order valence-corrected chi connectivity index (χ3v) is 6.15. The van der Waals surface area contributed by atoms with E-state index in [0.717, 1.165) is 12.2 Å². The number of benzene rings is 1. The molecule has 0 saturated carbocycles. The molecule has 35 heavy (non-hydrogen) atoms. The number of alkyl halides is 2. The van der Waals surface area contributed by atoms with E-state index in [1.165, 1.54) is 6.20 Å². The first-order chi connectivity index (χ1) is 16.9. The van der Waals surface area contributed by atoms with Gasteiger partial charge in [0.1, 0.15) is 23.6 Å². The summed E-state index contributed by atoms with van der Waals surface area (Å²) in [6.07, 6.45) is -0.370. The van der Waals surface area contributed by atoms with Gasteiger partial charge in [-0.15, -0.1) is 10.2 Å². The summed E-state index contributed by atoms with van der Waals surface area (Å²) in [5.41, 5.74) is 1.56. The summed E-state index contributed by atoms with van der Waals surface area (Å²) in [6.45, 7) is 6.76. The van der Waals surface area contributed by atoms with Crippen LogP contribution in [0.5, 0.6) is 11.6 Å². The molecular weight excluding hydrogens is 456 g/mol. The summed E-state index contributed by atoms with van der Waals surface area (Å²) >= 11 is 0. The lowest BCUT2D eigenvalue weighted by atomic mass is 10.1. The number of para-hydroxylation sites is 1. The smallest absolute Gasteiger partial charge is 0.267 e. The van der Waals surface area contributed by atoms with E-state index in [4.69, 9.17) is 9.26 Å². The molecule has 1 aromatic carbocycles. The van der Waals surface area contributed by atoms with Crippen molar-refractivity contribution in [1.82, 2.24) is 24.8 Å². The normalized spacial score (nSPS) is 14.8. The third kappa shape index (κ3) is 4.84. The highest BCUT2D eigenvalue weighted by Gasteiger charge is 2.31. The van der Waals surface area contributed by atoms with Crippen molar-refractivity contribution in [2.24, 2.45) is 5.92 Å². The van der Waals surface area contributed by atoms with Crippen molar-refractivity contribution in [3.05, 3.63) is 53.9 Å². The van der Waals surface area contributed by atoms with Crippen molar-refractivity contribution >= 4 is 11.0 Å². The lowest BCUT2D eigenvalue weighted by Crippen LogP contribution is -2.48. The van der Waals surface area contributed by atoms with Crippen LogP contribution in [-0.2, 0) is 6.42 Å². The zero-order valence-electron chi connectivity index (χ0n) is 19.6. The first kappa shape index (κ1) is 23.2. The van der Waals surface area contributed by atoms with Gasteiger partial charge in [0.05, 0.1) is 22.8 Å². The molecule has 0 amide bonds. The zero-order valence-corrected chi connectivity index (χ0v) is 19.6. The number of ether oxygens (including phenoxy) is 1. The Labute approximate surface area is 201 Å². The van der Waals surface area contributed by atoms with Crippen LogP contribution in [0.2, 0.25) is 0 Å². The van der Waals surface area contributed by atoms with Gasteiger partial charge in [0.2, 0.25) is 0 Å². The maximum atomic E-state index is 13.7. The zero-order chi connectivity index (χ0) is 24.5. The van der Waals surface area contributed by atoms with E-state index in [1.807, 2.05) is 10.6 Å². The third-order valence-electron chi connectivity index (χ3n) is 6.15. The molecule has 1 fully saturated rings. The van der Waals surface area contributed by atoms with Crippen molar-refractivity contribution in [3.8, 4) is 22.9 Å². The van der Waals surface area contributed by atoms with E-state index in [9.17, 15) is 13.9 Å². The molecule has 5 rings (SSSR count). The SMILES string of the molecule is CC(C)Cc1cc(OCCN2CC(n3cc(C(F)F)c4nnc(-c5ccccc5O)cc43)C2)no1. The molecule has 0 unspecified atom stereocenters. The Morgan fingerprint density at radius 2 is 1.97 bits per heavy atom. The largest absolute Gasteiger partial charge is 0.507 e. The minimum absolute atomic E-state index is 0.0242. The van der Waals surface area contributed by atoms with Crippen LogP contribution in [0.15, 0.2) is 47.1 Å². The summed E-state index contributed by atoms with van der Waals surface area (Å²) in [5.74, 6) is 1.82. The fourth-order valence-electron chi connectivity index (χ4n) is 4.39. The summed E-state index contributed by atoms with van der Waals surface area (Å²) in [6, 6.07) is 10.3. The number of likely N-dealkylation sites (tertiary alicyclic amines) is 1. The molecule has 1 saturated heterocycles. The van der Waals surface area contributed by atoms with Gasteiger partial charge in [-0.05, 0) is 29.3 Å². The molecule has 10 heteroatoms. The summed E-state index contributed by atoms with van der Waals surface area (Å²) in [7, 11) is 0. The lowest BCUT2D eigenvalue weighted by Gasteiger charge is -2.40. The number of aromatic hydroxyl groups is 1. The molecule has 4 heterocycles. The predicted molar refractivity (Wildman–Crippen MR) is 126 cm³/mol. The van der Waals surface area contributed by atoms with Crippen LogP contribution in [0.4, 0.5) is 8.78 Å². The topological polar surface area (TPSA) is 89.4 Å². The van der Waals surface area contributed by atoms with Crippen molar-refractivity contribution in [1.29, 1.82) is 0 Å². The van der Waals surface area contributed by atoms with Crippen molar-refractivity contribution < 1.29 is 23.1 Å². The molecule has 0 radical (unpaired) electrons. The van der Waals surface area contributed by atoms with Gasteiger partial charge in [-0.25, -0.2) is 8.78 Å². The Kier molecular flexibility index (Phi) is 6.38. The van der Waals surface area contributed by atoms with Crippen molar-refractivity contribution in [2.45, 2.75) is 32.7 Å². The number of rotatable bonds is 9. The lowest BCUT2D eigenvalue weighted by molar-refractivity contribution is 0.0884. The number of fused-ring (bicyclic) bond motifs is 1. The van der Waals surface area contributed by atoms with E-state index in [2.05, 4.69) is 34.1 Å². The molecule has 4 aromatic rings. The molecule has 1 aliphatic heterocycles. The van der Waals surface area contributed by atoms with Gasteiger partial charge in [-0.1, -0.05) is 26.0 Å². The Bertz CT molecular complexity index is 1310. The Hall–Kier alpha value is -3.53. The quantitative estimate of drug-likeness (QED) is 0.364. The Morgan fingerprint density at radius 3 is 2.71 bits per heavy atom. The predicted octanol–water partition coefficient (Wildman–Crippen LogP) is 4.86. The van der Waals surface area contributed by atoms with Gasteiger partial charge in [0.15, 0.2) is 0 Å². The number of phenolic OH excluding ortho intramolecular Hbond substituents is 1. The van der Waals surface area contributed by atoms with Crippen molar-refractivity contribution in [2.75, 3.05) is 26.2 Å². The molecule has 0 atom stereocenters. The average Bonchev–Trinajstić information content (AvgIpc) is 3.39. The van der Waals surface area contributed by atoms with E-state index in [1.54, 1.807) is 30.3 Å². The van der Waals surface area contributed by atoms with Gasteiger partial charge >= 0.3 is 0 Å². The highest BCUT2D eigenvalue weighted by Crippen LogP contribution is 2.35. The Balaban J connectivity index is 1.26. The maximum Gasteiger partial charge on any atom is 0.267 e. The van der Waals surface area contributed by atoms with Gasteiger partial charge < -0.3 is 18.9 Å². The number of hydrogen-bond donors (Lipinski definition) is 1. The van der Waals surface area contributed by atoms with Crippen LogP contribution >= 0.6 is 0 Å². The van der Waals surface area contributed by atoms with E-state index < -0.39 is 6.43 Å². The van der Waals surface area contributed by atoms with Gasteiger partial charge in [-0.2, -0.15) is 0 Å². The van der Waals surface area contributed by atoms with Crippen LogP contribution in [0.25, 0.3) is 22.3 Å². The summed E-state index contributed by atoms with van der Waals surface area (Å²) in [4.78, 5) is 2.19.